The van der Waals surface area contributed by atoms with E-state index < -0.39 is 43.9 Å². The van der Waals surface area contributed by atoms with E-state index in [-0.39, 0.29) is 5.69 Å². The monoisotopic (exact) mass is 539 g/mol. The van der Waals surface area contributed by atoms with Gasteiger partial charge in [-0.15, -0.1) is 0 Å². The maximum Gasteiger partial charge on any atom is 0.501 e. The standard InChI is InChI=1S/C25H30F3N4O4S/c1-24(2)22(33)31(19-9-11-20(12-10-19)37(35,36)25(26,27)28)23(34)32(24)21(29-3)17-13-15-30(16-14-17)18-7-5-4-6-8-18/h9-16,18,21,29H,4-8H2,1-3H3/q+1. The van der Waals surface area contributed by atoms with Crippen molar-refractivity contribution in [1.29, 1.82) is 0 Å². The lowest BCUT2D eigenvalue weighted by Crippen LogP contribution is -2.50. The lowest BCUT2D eigenvalue weighted by atomic mass is 9.95. The Bertz CT molecular complexity index is 1270. The van der Waals surface area contributed by atoms with Crippen LogP contribution in [0, 0.1) is 0 Å². The minimum absolute atomic E-state index is 0.0234. The first kappa shape index (κ1) is 27.1. The summed E-state index contributed by atoms with van der Waals surface area (Å²) in [6.07, 6.45) is 9.14. The highest BCUT2D eigenvalue weighted by Gasteiger charge is 2.55. The second kappa shape index (κ2) is 9.71. The summed E-state index contributed by atoms with van der Waals surface area (Å²) < 4.78 is 64.2. The number of hydrogen-bond donors (Lipinski definition) is 1. The van der Waals surface area contributed by atoms with Crippen LogP contribution in [0.15, 0.2) is 53.7 Å². The van der Waals surface area contributed by atoms with Crippen molar-refractivity contribution in [2.75, 3.05) is 11.9 Å². The molecule has 1 aromatic carbocycles. The molecule has 1 aliphatic carbocycles. The third-order valence-corrected chi connectivity index (χ3v) is 8.66. The van der Waals surface area contributed by atoms with Crippen molar-refractivity contribution in [3.8, 4) is 0 Å². The molecule has 12 heteroatoms. The van der Waals surface area contributed by atoms with E-state index in [1.807, 2.05) is 24.5 Å². The van der Waals surface area contributed by atoms with Gasteiger partial charge in [-0.2, -0.15) is 13.2 Å². The Balaban J connectivity index is 1.62. The fourth-order valence-electron chi connectivity index (χ4n) is 5.08. The smallest absolute Gasteiger partial charge is 0.296 e. The number of hydrogen-bond acceptors (Lipinski definition) is 5. The first-order valence-electron chi connectivity index (χ1n) is 12.1. The van der Waals surface area contributed by atoms with Gasteiger partial charge in [0.2, 0.25) is 0 Å². The molecule has 37 heavy (non-hydrogen) atoms. The fraction of sp³-hybridized carbons (Fsp3) is 0.480. The zero-order valence-electron chi connectivity index (χ0n) is 20.8. The van der Waals surface area contributed by atoms with Crippen LogP contribution in [0.3, 0.4) is 0 Å². The lowest BCUT2D eigenvalue weighted by Gasteiger charge is -2.35. The number of aromatic nitrogens is 1. The second-order valence-corrected chi connectivity index (χ2v) is 11.8. The van der Waals surface area contributed by atoms with Crippen molar-refractivity contribution in [2.45, 2.75) is 74.1 Å². The largest absolute Gasteiger partial charge is 0.501 e. The number of halogens is 3. The van der Waals surface area contributed by atoms with Crippen LogP contribution in [0.4, 0.5) is 23.7 Å². The number of alkyl halides is 3. The molecule has 1 saturated heterocycles. The van der Waals surface area contributed by atoms with Gasteiger partial charge in [0.15, 0.2) is 18.4 Å². The predicted molar refractivity (Wildman–Crippen MR) is 129 cm³/mol. The van der Waals surface area contributed by atoms with Crippen molar-refractivity contribution >= 4 is 27.5 Å². The maximum absolute atomic E-state index is 13.5. The lowest BCUT2D eigenvalue weighted by molar-refractivity contribution is -0.725. The highest BCUT2D eigenvalue weighted by atomic mass is 32.2. The van der Waals surface area contributed by atoms with Crippen LogP contribution < -0.4 is 14.8 Å². The molecule has 1 aromatic heterocycles. The van der Waals surface area contributed by atoms with Crippen LogP contribution in [0.1, 0.15) is 63.7 Å². The van der Waals surface area contributed by atoms with Crippen LogP contribution in [-0.2, 0) is 14.6 Å². The molecule has 1 N–H and O–H groups in total. The Morgan fingerprint density at radius 1 is 1.00 bits per heavy atom. The number of anilines is 1. The fourth-order valence-corrected chi connectivity index (χ4v) is 5.84. The molecule has 2 aromatic rings. The molecule has 2 fully saturated rings. The van der Waals surface area contributed by atoms with Crippen LogP contribution >= 0.6 is 0 Å². The number of urea groups is 1. The highest BCUT2D eigenvalue weighted by molar-refractivity contribution is 7.92. The van der Waals surface area contributed by atoms with Gasteiger partial charge in [0.25, 0.3) is 15.7 Å². The van der Waals surface area contributed by atoms with Crippen LogP contribution in [0.2, 0.25) is 0 Å². The molecular weight excluding hydrogens is 509 g/mol. The summed E-state index contributed by atoms with van der Waals surface area (Å²) in [5.41, 5.74) is -6.02. The van der Waals surface area contributed by atoms with E-state index >= 15 is 0 Å². The van der Waals surface area contributed by atoms with Crippen molar-refractivity contribution in [3.05, 3.63) is 54.4 Å². The molecule has 0 bridgehead atoms. The zero-order chi connectivity index (χ0) is 27.2. The van der Waals surface area contributed by atoms with E-state index in [0.29, 0.717) is 6.04 Å². The van der Waals surface area contributed by atoms with Gasteiger partial charge < -0.3 is 0 Å². The van der Waals surface area contributed by atoms with Gasteiger partial charge in [-0.1, -0.05) is 6.42 Å². The first-order valence-corrected chi connectivity index (χ1v) is 13.6. The summed E-state index contributed by atoms with van der Waals surface area (Å²) in [5.74, 6) is -0.586. The SMILES string of the molecule is CNC(c1cc[n+](C2CCCCC2)cc1)N1C(=O)N(c2ccc(S(=O)(=O)C(F)(F)F)cc2)C(=O)C1(C)C. The highest BCUT2D eigenvalue weighted by Crippen LogP contribution is 2.38. The van der Waals surface area contributed by atoms with E-state index in [2.05, 4.69) is 9.88 Å². The number of nitrogens with zero attached hydrogens (tertiary/aromatic N) is 3. The summed E-state index contributed by atoms with van der Waals surface area (Å²) >= 11 is 0. The third-order valence-electron chi connectivity index (χ3n) is 7.16. The average Bonchev–Trinajstić information content (AvgIpc) is 3.04. The van der Waals surface area contributed by atoms with Gasteiger partial charge in [0, 0.05) is 30.5 Å². The number of rotatable bonds is 6. The number of carbonyl (C=O) groups excluding carboxylic acids is 2. The van der Waals surface area contributed by atoms with Gasteiger partial charge in [-0.05, 0) is 58.0 Å². The van der Waals surface area contributed by atoms with Crippen molar-refractivity contribution in [3.63, 3.8) is 0 Å². The predicted octanol–water partition coefficient (Wildman–Crippen LogP) is 4.24. The maximum atomic E-state index is 13.5. The molecule has 2 heterocycles. The van der Waals surface area contributed by atoms with Crippen LogP contribution in [-0.4, -0.2) is 43.4 Å². The van der Waals surface area contributed by atoms with E-state index in [9.17, 15) is 31.2 Å². The summed E-state index contributed by atoms with van der Waals surface area (Å²) in [5, 5.41) is 3.10. The molecule has 0 radical (unpaired) electrons. The Kier molecular flexibility index (Phi) is 7.10. The minimum atomic E-state index is -5.55. The Morgan fingerprint density at radius 2 is 1.57 bits per heavy atom. The summed E-state index contributed by atoms with van der Waals surface area (Å²) in [6.45, 7) is 3.18. The molecule has 1 unspecified atom stereocenters. The number of pyridine rings is 1. The molecule has 1 saturated carbocycles. The number of carbonyl (C=O) groups is 2. The molecule has 4 rings (SSSR count). The van der Waals surface area contributed by atoms with Crippen molar-refractivity contribution in [1.82, 2.24) is 10.2 Å². The third kappa shape index (κ3) is 4.72. The quantitative estimate of drug-likeness (QED) is 0.438. The van der Waals surface area contributed by atoms with Crippen molar-refractivity contribution < 1.29 is 35.7 Å². The summed E-state index contributed by atoms with van der Waals surface area (Å²) in [6, 6.07) is 7.10. The van der Waals surface area contributed by atoms with Crippen LogP contribution in [0.25, 0.3) is 0 Å². The van der Waals surface area contributed by atoms with E-state index in [4.69, 9.17) is 0 Å². The second-order valence-electron chi connectivity index (χ2n) is 9.86. The van der Waals surface area contributed by atoms with E-state index in [1.54, 1.807) is 20.9 Å². The summed E-state index contributed by atoms with van der Waals surface area (Å²) in [4.78, 5) is 28.2. The molecule has 200 valence electrons. The molecule has 0 spiro atoms. The van der Waals surface area contributed by atoms with Gasteiger partial charge in [-0.25, -0.2) is 22.7 Å². The molecule has 2 aliphatic rings. The zero-order valence-corrected chi connectivity index (χ0v) is 21.6. The number of nitrogens with one attached hydrogen (secondary N) is 1. The molecular formula is C25H30F3N4O4S+. The Labute approximate surface area is 214 Å². The van der Waals surface area contributed by atoms with Gasteiger partial charge in [0.1, 0.15) is 11.7 Å². The van der Waals surface area contributed by atoms with Gasteiger partial charge in [0.05, 0.1) is 10.6 Å². The summed E-state index contributed by atoms with van der Waals surface area (Å²) in [7, 11) is -3.89. The van der Waals surface area contributed by atoms with Gasteiger partial charge >= 0.3 is 11.5 Å². The molecule has 3 amide bonds. The Hall–Kier alpha value is -2.99. The number of benzene rings is 1. The average molecular weight is 540 g/mol. The topological polar surface area (TPSA) is 90.7 Å². The van der Waals surface area contributed by atoms with Gasteiger partial charge in [-0.3, -0.25) is 15.0 Å². The molecule has 8 nitrogen and oxygen atoms in total. The Morgan fingerprint density at radius 3 is 2.08 bits per heavy atom. The minimum Gasteiger partial charge on any atom is -0.296 e. The number of sulfone groups is 1. The van der Waals surface area contributed by atoms with E-state index in [0.717, 1.165) is 47.6 Å². The first-order chi connectivity index (χ1) is 17.3. The van der Waals surface area contributed by atoms with E-state index in [1.165, 1.54) is 24.2 Å². The molecule has 1 aliphatic heterocycles. The normalized spacial score (nSPS) is 19.9. The van der Waals surface area contributed by atoms with Crippen molar-refractivity contribution in [2.24, 2.45) is 0 Å². The number of imide groups is 1. The number of amides is 3. The van der Waals surface area contributed by atoms with Crippen LogP contribution in [0.5, 0.6) is 0 Å². The molecule has 1 atom stereocenters.